The van der Waals surface area contributed by atoms with E-state index in [9.17, 15) is 14.4 Å². The number of ether oxygens (including phenoxy) is 1. The van der Waals surface area contributed by atoms with E-state index >= 15 is 0 Å². The van der Waals surface area contributed by atoms with Crippen LogP contribution in [0.5, 0.6) is 5.75 Å². The van der Waals surface area contributed by atoms with Crippen molar-refractivity contribution in [2.45, 2.75) is 12.8 Å². The predicted octanol–water partition coefficient (Wildman–Crippen LogP) is 2.92. The summed E-state index contributed by atoms with van der Waals surface area (Å²) in [6, 6.07) is 12.0. The lowest BCUT2D eigenvalue weighted by molar-refractivity contribution is -0.117. The van der Waals surface area contributed by atoms with Crippen molar-refractivity contribution in [2.75, 3.05) is 23.9 Å². The number of hydrogen-bond acceptors (Lipinski definition) is 4. The van der Waals surface area contributed by atoms with E-state index in [1.165, 1.54) is 6.20 Å². The fraction of sp³-hybridized carbons (Fsp3) is 0.190. The summed E-state index contributed by atoms with van der Waals surface area (Å²) in [6.45, 7) is 0.710. The lowest BCUT2D eigenvalue weighted by atomic mass is 10.1. The smallest absolute Gasteiger partial charge is 0.261 e. The van der Waals surface area contributed by atoms with Gasteiger partial charge in [0.05, 0.1) is 12.6 Å². The molecule has 2 amide bonds. The average molecular weight is 377 g/mol. The molecule has 0 aliphatic carbocycles. The first-order valence-electron chi connectivity index (χ1n) is 8.98. The molecule has 0 bridgehead atoms. The fourth-order valence-corrected chi connectivity index (χ4v) is 3.34. The third-order valence-electron chi connectivity index (χ3n) is 4.84. The minimum absolute atomic E-state index is 0.0245. The Hall–Kier alpha value is -3.61. The van der Waals surface area contributed by atoms with Crippen molar-refractivity contribution in [3.63, 3.8) is 0 Å². The summed E-state index contributed by atoms with van der Waals surface area (Å²) >= 11 is 0. The number of benzene rings is 2. The van der Waals surface area contributed by atoms with Crippen LogP contribution in [-0.4, -0.2) is 30.5 Å². The molecule has 7 nitrogen and oxygen atoms in total. The summed E-state index contributed by atoms with van der Waals surface area (Å²) in [5.41, 5.74) is 1.62. The minimum Gasteiger partial charge on any atom is -0.497 e. The number of fused-ring (bicyclic) bond motifs is 1. The number of aromatic nitrogens is 1. The van der Waals surface area contributed by atoms with Gasteiger partial charge in [0.2, 0.25) is 11.3 Å². The Morgan fingerprint density at radius 2 is 1.93 bits per heavy atom. The van der Waals surface area contributed by atoms with Crippen LogP contribution < -0.4 is 20.4 Å². The van der Waals surface area contributed by atoms with Gasteiger partial charge < -0.3 is 19.9 Å². The van der Waals surface area contributed by atoms with Crippen LogP contribution in [-0.2, 0) is 4.79 Å². The van der Waals surface area contributed by atoms with Gasteiger partial charge in [0.1, 0.15) is 11.3 Å². The molecule has 142 valence electrons. The minimum atomic E-state index is -0.496. The van der Waals surface area contributed by atoms with Gasteiger partial charge in [0, 0.05) is 42.0 Å². The highest BCUT2D eigenvalue weighted by atomic mass is 16.5. The van der Waals surface area contributed by atoms with Crippen LogP contribution in [0, 0.1) is 0 Å². The molecule has 1 fully saturated rings. The molecule has 2 heterocycles. The maximum atomic E-state index is 12.7. The van der Waals surface area contributed by atoms with E-state index in [1.54, 1.807) is 54.5 Å². The molecule has 4 rings (SSSR count). The van der Waals surface area contributed by atoms with Crippen molar-refractivity contribution in [2.24, 2.45) is 0 Å². The highest BCUT2D eigenvalue weighted by molar-refractivity contribution is 6.06. The second kappa shape index (κ2) is 7.19. The third-order valence-corrected chi connectivity index (χ3v) is 4.84. The van der Waals surface area contributed by atoms with Crippen LogP contribution in [0.15, 0.2) is 53.5 Å². The summed E-state index contributed by atoms with van der Waals surface area (Å²) in [7, 11) is 1.55. The van der Waals surface area contributed by atoms with Crippen LogP contribution >= 0.6 is 0 Å². The SMILES string of the molecule is COc1ccc2c(=O)c(C(=O)Nc3ccc(N4CCCC4=O)cc3)c[nH]c2c1. The zero-order chi connectivity index (χ0) is 19.7. The van der Waals surface area contributed by atoms with Gasteiger partial charge in [-0.25, -0.2) is 0 Å². The molecule has 0 unspecified atom stereocenters. The highest BCUT2D eigenvalue weighted by Crippen LogP contribution is 2.23. The van der Waals surface area contributed by atoms with E-state index in [1.807, 2.05) is 0 Å². The number of methoxy groups -OCH3 is 1. The molecule has 1 aliphatic heterocycles. The molecule has 2 N–H and O–H groups in total. The number of anilines is 2. The van der Waals surface area contributed by atoms with Crippen LogP contribution in [0.3, 0.4) is 0 Å². The number of hydrogen-bond donors (Lipinski definition) is 2. The molecule has 2 aromatic carbocycles. The Balaban J connectivity index is 1.56. The number of carbonyl (C=O) groups is 2. The van der Waals surface area contributed by atoms with E-state index in [-0.39, 0.29) is 16.9 Å². The molecule has 0 radical (unpaired) electrons. The number of H-pyrrole nitrogens is 1. The number of aromatic amines is 1. The second-order valence-corrected chi connectivity index (χ2v) is 6.59. The van der Waals surface area contributed by atoms with Crippen LogP contribution in [0.4, 0.5) is 11.4 Å². The molecule has 0 atom stereocenters. The van der Waals surface area contributed by atoms with Crippen molar-refractivity contribution in [1.82, 2.24) is 4.98 Å². The van der Waals surface area contributed by atoms with E-state index in [0.29, 0.717) is 35.3 Å². The maximum Gasteiger partial charge on any atom is 0.261 e. The van der Waals surface area contributed by atoms with Crippen molar-refractivity contribution in [1.29, 1.82) is 0 Å². The second-order valence-electron chi connectivity index (χ2n) is 6.59. The normalized spacial score (nSPS) is 13.8. The fourth-order valence-electron chi connectivity index (χ4n) is 3.34. The number of nitrogens with one attached hydrogen (secondary N) is 2. The van der Waals surface area contributed by atoms with Crippen LogP contribution in [0.2, 0.25) is 0 Å². The summed E-state index contributed by atoms with van der Waals surface area (Å²) in [5, 5.41) is 3.14. The molecule has 28 heavy (non-hydrogen) atoms. The first-order chi connectivity index (χ1) is 13.6. The number of nitrogens with zero attached hydrogens (tertiary/aromatic N) is 1. The highest BCUT2D eigenvalue weighted by Gasteiger charge is 2.21. The lowest BCUT2D eigenvalue weighted by Crippen LogP contribution is -2.24. The van der Waals surface area contributed by atoms with Crippen molar-refractivity contribution in [3.05, 3.63) is 64.4 Å². The summed E-state index contributed by atoms with van der Waals surface area (Å²) in [4.78, 5) is 41.7. The molecule has 7 heteroatoms. The molecule has 1 saturated heterocycles. The molecular weight excluding hydrogens is 358 g/mol. The van der Waals surface area contributed by atoms with E-state index < -0.39 is 5.91 Å². The van der Waals surface area contributed by atoms with Gasteiger partial charge in [-0.3, -0.25) is 14.4 Å². The number of pyridine rings is 1. The largest absolute Gasteiger partial charge is 0.497 e. The molecule has 3 aromatic rings. The van der Waals surface area contributed by atoms with E-state index in [4.69, 9.17) is 4.74 Å². The first kappa shape index (κ1) is 17.8. The summed E-state index contributed by atoms with van der Waals surface area (Å²) < 4.78 is 5.15. The summed E-state index contributed by atoms with van der Waals surface area (Å²) in [6.07, 6.45) is 2.82. The number of carbonyl (C=O) groups excluding carboxylic acids is 2. The van der Waals surface area contributed by atoms with E-state index in [0.717, 1.165) is 12.1 Å². The maximum absolute atomic E-state index is 12.7. The van der Waals surface area contributed by atoms with Crippen molar-refractivity contribution in [3.8, 4) is 5.75 Å². The van der Waals surface area contributed by atoms with Crippen molar-refractivity contribution < 1.29 is 14.3 Å². The Labute approximate surface area is 160 Å². The van der Waals surface area contributed by atoms with Crippen LogP contribution in [0.1, 0.15) is 23.2 Å². The van der Waals surface area contributed by atoms with E-state index in [2.05, 4.69) is 10.3 Å². The molecule has 0 saturated carbocycles. The van der Waals surface area contributed by atoms with Gasteiger partial charge in [-0.2, -0.15) is 0 Å². The van der Waals surface area contributed by atoms with Gasteiger partial charge >= 0.3 is 0 Å². The summed E-state index contributed by atoms with van der Waals surface area (Å²) in [5.74, 6) is 0.233. The number of rotatable bonds is 4. The van der Waals surface area contributed by atoms with Gasteiger partial charge in [0.15, 0.2) is 0 Å². The molecular formula is C21H19N3O4. The topological polar surface area (TPSA) is 91.5 Å². The van der Waals surface area contributed by atoms with Gasteiger partial charge in [-0.1, -0.05) is 0 Å². The Kier molecular flexibility index (Phi) is 4.57. The lowest BCUT2D eigenvalue weighted by Gasteiger charge is -2.16. The Morgan fingerprint density at radius 1 is 1.14 bits per heavy atom. The number of amides is 2. The van der Waals surface area contributed by atoms with Gasteiger partial charge in [-0.15, -0.1) is 0 Å². The van der Waals surface area contributed by atoms with Crippen LogP contribution in [0.25, 0.3) is 10.9 Å². The quantitative estimate of drug-likeness (QED) is 0.731. The Bertz CT molecular complexity index is 1120. The molecule has 1 aliphatic rings. The standard InChI is InChI=1S/C21H19N3O4/c1-28-15-8-9-16-18(11-15)22-12-17(20(16)26)21(27)23-13-4-6-14(7-5-13)24-10-2-3-19(24)25/h4-9,11-12H,2-3,10H2,1H3,(H,22,26)(H,23,27). The van der Waals surface area contributed by atoms with Crippen molar-refractivity contribution >= 4 is 34.1 Å². The van der Waals surface area contributed by atoms with Gasteiger partial charge in [0.25, 0.3) is 5.91 Å². The first-order valence-corrected chi connectivity index (χ1v) is 8.98. The molecule has 0 spiro atoms. The third kappa shape index (κ3) is 3.22. The monoisotopic (exact) mass is 377 g/mol. The predicted molar refractivity (Wildman–Crippen MR) is 107 cm³/mol. The van der Waals surface area contributed by atoms with Gasteiger partial charge in [-0.05, 0) is 42.8 Å². The zero-order valence-electron chi connectivity index (χ0n) is 15.3. The Morgan fingerprint density at radius 3 is 2.61 bits per heavy atom. The molecule has 1 aromatic heterocycles. The average Bonchev–Trinajstić information content (AvgIpc) is 3.14. The zero-order valence-corrected chi connectivity index (χ0v) is 15.3.